The summed E-state index contributed by atoms with van der Waals surface area (Å²) in [5.74, 6) is 0.289. The highest BCUT2D eigenvalue weighted by atomic mass is 32.2. The zero-order valence-electron chi connectivity index (χ0n) is 4.31. The van der Waals surface area contributed by atoms with E-state index < -0.39 is 11.1 Å². The first-order chi connectivity index (χ1) is 4.29. The Morgan fingerprint density at radius 1 is 1.89 bits per heavy atom. The second-order valence-electron chi connectivity index (χ2n) is 1.30. The summed E-state index contributed by atoms with van der Waals surface area (Å²) in [5.41, 5.74) is 1.50. The third kappa shape index (κ3) is 2.17. The molecule has 1 aromatic heterocycles. The van der Waals surface area contributed by atoms with E-state index in [0.717, 1.165) is 11.5 Å². The molecule has 9 heavy (non-hydrogen) atoms. The van der Waals surface area contributed by atoms with Crippen molar-refractivity contribution in [3.05, 3.63) is 11.3 Å². The van der Waals surface area contributed by atoms with Gasteiger partial charge in [-0.25, -0.2) is 4.98 Å². The van der Waals surface area contributed by atoms with E-state index in [1.165, 1.54) is 5.51 Å². The van der Waals surface area contributed by atoms with Crippen molar-refractivity contribution < 1.29 is 8.76 Å². The Labute approximate surface area is 58.4 Å². The highest BCUT2D eigenvalue weighted by molar-refractivity contribution is 7.78. The average molecular weight is 163 g/mol. The van der Waals surface area contributed by atoms with Crippen LogP contribution in [0.2, 0.25) is 0 Å². The summed E-state index contributed by atoms with van der Waals surface area (Å²) in [4.78, 5) is 3.67. The molecule has 0 aliphatic heterocycles. The van der Waals surface area contributed by atoms with Crippen LogP contribution in [0.3, 0.4) is 0 Å². The van der Waals surface area contributed by atoms with Crippen LogP contribution in [0.25, 0.3) is 0 Å². The molecule has 4 nitrogen and oxygen atoms in total. The standard InChI is InChI=1S/C3H4N2O2S2/c6-9(7)1-3-4-2-8-5-3/h2H,1H2,(H,6,7)/p-1. The molecular formula is C3H3N2O2S2-. The first kappa shape index (κ1) is 6.79. The van der Waals surface area contributed by atoms with Gasteiger partial charge in [-0.05, 0) is 22.6 Å². The molecule has 1 unspecified atom stereocenters. The van der Waals surface area contributed by atoms with Gasteiger partial charge in [0.15, 0.2) is 5.82 Å². The van der Waals surface area contributed by atoms with Crippen molar-refractivity contribution in [3.63, 3.8) is 0 Å². The summed E-state index contributed by atoms with van der Waals surface area (Å²) >= 11 is -0.916. The predicted molar refractivity (Wildman–Crippen MR) is 32.5 cm³/mol. The SMILES string of the molecule is O=S([O-])Cc1ncsn1. The molecule has 0 radical (unpaired) electrons. The van der Waals surface area contributed by atoms with Crippen molar-refractivity contribution in [3.8, 4) is 0 Å². The normalized spacial score (nSPS) is 13.4. The highest BCUT2D eigenvalue weighted by Crippen LogP contribution is 1.95. The van der Waals surface area contributed by atoms with Crippen molar-refractivity contribution in [2.45, 2.75) is 5.75 Å². The number of nitrogens with zero attached hydrogens (tertiary/aromatic N) is 2. The number of hydrogen-bond donors (Lipinski definition) is 0. The van der Waals surface area contributed by atoms with Crippen LogP contribution in [0.1, 0.15) is 5.82 Å². The van der Waals surface area contributed by atoms with Gasteiger partial charge in [0.05, 0.1) is 5.75 Å². The molecule has 0 spiro atoms. The zero-order valence-corrected chi connectivity index (χ0v) is 5.94. The van der Waals surface area contributed by atoms with E-state index >= 15 is 0 Å². The Morgan fingerprint density at radius 2 is 2.67 bits per heavy atom. The van der Waals surface area contributed by atoms with Gasteiger partial charge in [-0.1, -0.05) is 0 Å². The Hall–Kier alpha value is -0.330. The fourth-order valence-corrected chi connectivity index (χ4v) is 1.24. The van der Waals surface area contributed by atoms with Gasteiger partial charge >= 0.3 is 0 Å². The minimum atomic E-state index is -2.06. The molecule has 0 saturated carbocycles. The summed E-state index contributed by atoms with van der Waals surface area (Å²) < 4.78 is 23.7. The first-order valence-corrected chi connectivity index (χ1v) is 4.18. The van der Waals surface area contributed by atoms with Crippen molar-refractivity contribution in [2.75, 3.05) is 0 Å². The van der Waals surface area contributed by atoms with Gasteiger partial charge in [0, 0.05) is 0 Å². The molecule has 0 fully saturated rings. The summed E-state index contributed by atoms with van der Waals surface area (Å²) in [6.45, 7) is 0. The monoisotopic (exact) mass is 163 g/mol. The molecule has 0 bridgehead atoms. The number of aromatic nitrogens is 2. The quantitative estimate of drug-likeness (QED) is 0.572. The molecule has 0 aliphatic carbocycles. The second kappa shape index (κ2) is 3.00. The first-order valence-electron chi connectivity index (χ1n) is 2.10. The highest BCUT2D eigenvalue weighted by Gasteiger charge is 1.93. The molecule has 0 saturated heterocycles. The van der Waals surface area contributed by atoms with Gasteiger partial charge in [0.2, 0.25) is 0 Å². The zero-order chi connectivity index (χ0) is 6.69. The minimum absolute atomic E-state index is 0.0799. The largest absolute Gasteiger partial charge is 0.772 e. The second-order valence-corrected chi connectivity index (χ2v) is 2.80. The van der Waals surface area contributed by atoms with Crippen molar-refractivity contribution in [1.29, 1.82) is 0 Å². The lowest BCUT2D eigenvalue weighted by Crippen LogP contribution is -1.94. The van der Waals surface area contributed by atoms with Crippen molar-refractivity contribution >= 4 is 22.6 Å². The van der Waals surface area contributed by atoms with E-state index in [-0.39, 0.29) is 5.75 Å². The van der Waals surface area contributed by atoms with Crippen molar-refractivity contribution in [1.82, 2.24) is 9.36 Å². The van der Waals surface area contributed by atoms with Gasteiger partial charge in [0.1, 0.15) is 5.51 Å². The van der Waals surface area contributed by atoms with Crippen LogP contribution in [0.15, 0.2) is 5.51 Å². The van der Waals surface area contributed by atoms with Crippen LogP contribution in [0.5, 0.6) is 0 Å². The van der Waals surface area contributed by atoms with Gasteiger partial charge in [-0.3, -0.25) is 4.21 Å². The summed E-state index contributed by atoms with van der Waals surface area (Å²) in [6, 6.07) is 0. The summed E-state index contributed by atoms with van der Waals surface area (Å²) in [7, 11) is 0. The van der Waals surface area contributed by atoms with Gasteiger partial charge in [-0.2, -0.15) is 4.37 Å². The molecule has 50 valence electrons. The number of rotatable bonds is 2. The third-order valence-electron chi connectivity index (χ3n) is 0.654. The van der Waals surface area contributed by atoms with Crippen LogP contribution < -0.4 is 0 Å². The molecule has 1 rings (SSSR count). The maximum Gasteiger partial charge on any atom is 0.153 e. The molecular weight excluding hydrogens is 160 g/mol. The fraction of sp³-hybridized carbons (Fsp3) is 0.333. The molecule has 0 N–H and O–H groups in total. The summed E-state index contributed by atoms with van der Waals surface area (Å²) in [5, 5.41) is 0. The molecule has 0 aromatic carbocycles. The Morgan fingerprint density at radius 3 is 3.11 bits per heavy atom. The van der Waals surface area contributed by atoms with E-state index in [1.807, 2.05) is 0 Å². The maximum atomic E-state index is 9.99. The van der Waals surface area contributed by atoms with Gasteiger partial charge < -0.3 is 4.55 Å². The Kier molecular flexibility index (Phi) is 2.26. The van der Waals surface area contributed by atoms with Crippen molar-refractivity contribution in [2.24, 2.45) is 0 Å². The topological polar surface area (TPSA) is 65.9 Å². The smallest absolute Gasteiger partial charge is 0.153 e. The number of hydrogen-bond acceptors (Lipinski definition) is 5. The molecule has 1 heterocycles. The molecule has 1 aromatic rings. The van der Waals surface area contributed by atoms with E-state index in [4.69, 9.17) is 0 Å². The minimum Gasteiger partial charge on any atom is -0.772 e. The third-order valence-corrected chi connectivity index (χ3v) is 1.66. The van der Waals surface area contributed by atoms with E-state index in [9.17, 15) is 8.76 Å². The average Bonchev–Trinajstić information content (AvgIpc) is 2.15. The summed E-state index contributed by atoms with van der Waals surface area (Å²) in [6.07, 6.45) is 0. The molecule has 6 heteroatoms. The van der Waals surface area contributed by atoms with Crippen LogP contribution in [0.4, 0.5) is 0 Å². The van der Waals surface area contributed by atoms with Gasteiger partial charge in [-0.15, -0.1) is 0 Å². The van der Waals surface area contributed by atoms with E-state index in [2.05, 4.69) is 9.36 Å². The molecule has 0 amide bonds. The van der Waals surface area contributed by atoms with Crippen LogP contribution in [-0.2, 0) is 16.8 Å². The Bertz CT molecular complexity index is 198. The van der Waals surface area contributed by atoms with Crippen LogP contribution in [0, 0.1) is 0 Å². The van der Waals surface area contributed by atoms with Crippen LogP contribution >= 0.6 is 11.5 Å². The predicted octanol–water partition coefficient (Wildman–Crippen LogP) is -0.0828. The molecule has 1 atom stereocenters. The lowest BCUT2D eigenvalue weighted by Gasteiger charge is -1.97. The maximum absolute atomic E-state index is 9.99. The van der Waals surface area contributed by atoms with E-state index in [1.54, 1.807) is 0 Å². The lowest BCUT2D eigenvalue weighted by atomic mass is 10.7. The lowest BCUT2D eigenvalue weighted by molar-refractivity contribution is 0.535. The molecule has 0 aliphatic rings. The van der Waals surface area contributed by atoms with E-state index in [0.29, 0.717) is 5.82 Å². The Balaban J connectivity index is 2.58. The van der Waals surface area contributed by atoms with Gasteiger partial charge in [0.25, 0.3) is 0 Å². The fourth-order valence-electron chi connectivity index (χ4n) is 0.361. The van der Waals surface area contributed by atoms with Crippen LogP contribution in [-0.4, -0.2) is 18.1 Å².